The molecule has 6 heteroatoms. The first-order chi connectivity index (χ1) is 15.6. The van der Waals surface area contributed by atoms with Crippen LogP contribution in [0.5, 0.6) is 11.5 Å². The SMILES string of the molecule is Cc1ccc2c(c1)CCN1C(=O)CN(C(=O)Nc3cccc(Oc4ccccc4)c3)CC21. The Bertz CT molecular complexity index is 1160. The van der Waals surface area contributed by atoms with Crippen molar-refractivity contribution in [2.75, 3.05) is 25.0 Å². The number of carbonyl (C=O) groups excluding carboxylic acids is 2. The Morgan fingerprint density at radius 1 is 1.00 bits per heavy atom. The van der Waals surface area contributed by atoms with Gasteiger partial charge in [-0.05, 0) is 48.7 Å². The molecule has 3 aromatic carbocycles. The third-order valence-corrected chi connectivity index (χ3v) is 6.05. The molecule has 0 radical (unpaired) electrons. The molecule has 0 aromatic heterocycles. The molecule has 3 aromatic rings. The predicted octanol–water partition coefficient (Wildman–Crippen LogP) is 4.76. The van der Waals surface area contributed by atoms with Crippen molar-refractivity contribution in [3.8, 4) is 11.5 Å². The van der Waals surface area contributed by atoms with E-state index in [9.17, 15) is 9.59 Å². The van der Waals surface area contributed by atoms with Gasteiger partial charge in [-0.2, -0.15) is 0 Å². The number of fused-ring (bicyclic) bond motifs is 3. The fraction of sp³-hybridized carbons (Fsp3) is 0.231. The van der Waals surface area contributed by atoms with E-state index in [1.807, 2.05) is 53.4 Å². The average molecular weight is 428 g/mol. The first-order valence-electron chi connectivity index (χ1n) is 10.8. The summed E-state index contributed by atoms with van der Waals surface area (Å²) < 4.78 is 5.86. The van der Waals surface area contributed by atoms with Crippen molar-refractivity contribution in [2.24, 2.45) is 0 Å². The Hall–Kier alpha value is -3.80. The van der Waals surface area contributed by atoms with Gasteiger partial charge in [0.2, 0.25) is 5.91 Å². The van der Waals surface area contributed by atoms with Crippen LogP contribution in [0.25, 0.3) is 0 Å². The monoisotopic (exact) mass is 427 g/mol. The summed E-state index contributed by atoms with van der Waals surface area (Å²) in [6.45, 7) is 3.35. The van der Waals surface area contributed by atoms with Gasteiger partial charge in [0.05, 0.1) is 6.04 Å². The summed E-state index contributed by atoms with van der Waals surface area (Å²) >= 11 is 0. The van der Waals surface area contributed by atoms with Crippen LogP contribution in [0.1, 0.15) is 22.7 Å². The minimum atomic E-state index is -0.283. The predicted molar refractivity (Wildman–Crippen MR) is 123 cm³/mol. The van der Waals surface area contributed by atoms with Gasteiger partial charge in [0.1, 0.15) is 18.0 Å². The summed E-state index contributed by atoms with van der Waals surface area (Å²) in [5.74, 6) is 1.35. The number of aryl methyl sites for hydroxylation is 1. The second kappa shape index (κ2) is 8.38. The summed E-state index contributed by atoms with van der Waals surface area (Å²) in [6.07, 6.45) is 0.861. The normalized spacial score (nSPS) is 17.4. The molecule has 5 rings (SSSR count). The number of nitrogens with one attached hydrogen (secondary N) is 1. The molecule has 1 N–H and O–H groups in total. The number of ether oxygens (including phenoxy) is 1. The van der Waals surface area contributed by atoms with Crippen molar-refractivity contribution in [3.05, 3.63) is 89.5 Å². The molecular weight excluding hydrogens is 402 g/mol. The lowest BCUT2D eigenvalue weighted by molar-refractivity contribution is -0.139. The Kier molecular flexibility index (Phi) is 5.27. The van der Waals surface area contributed by atoms with Crippen LogP contribution in [0.4, 0.5) is 10.5 Å². The molecule has 0 bridgehead atoms. The van der Waals surface area contributed by atoms with Crippen LogP contribution in [-0.4, -0.2) is 41.4 Å². The zero-order chi connectivity index (χ0) is 22.1. The van der Waals surface area contributed by atoms with Crippen LogP contribution in [0.3, 0.4) is 0 Å². The molecule has 32 heavy (non-hydrogen) atoms. The Labute approximate surface area is 187 Å². The topological polar surface area (TPSA) is 61.9 Å². The fourth-order valence-electron chi connectivity index (χ4n) is 4.48. The molecule has 1 unspecified atom stereocenters. The summed E-state index contributed by atoms with van der Waals surface area (Å²) in [5.41, 5.74) is 4.25. The van der Waals surface area contributed by atoms with E-state index in [4.69, 9.17) is 4.74 Å². The Morgan fingerprint density at radius 3 is 2.66 bits per heavy atom. The highest BCUT2D eigenvalue weighted by Gasteiger charge is 2.38. The van der Waals surface area contributed by atoms with Gasteiger partial charge < -0.3 is 19.9 Å². The van der Waals surface area contributed by atoms with E-state index in [0.29, 0.717) is 24.5 Å². The van der Waals surface area contributed by atoms with Crippen LogP contribution < -0.4 is 10.1 Å². The molecule has 0 aliphatic carbocycles. The first-order valence-corrected chi connectivity index (χ1v) is 10.8. The molecule has 2 aliphatic heterocycles. The van der Waals surface area contributed by atoms with Gasteiger partial charge in [0.25, 0.3) is 0 Å². The van der Waals surface area contributed by atoms with Gasteiger partial charge in [0, 0.05) is 24.8 Å². The second-order valence-electron chi connectivity index (χ2n) is 8.31. The lowest BCUT2D eigenvalue weighted by atomic mass is 9.89. The summed E-state index contributed by atoms with van der Waals surface area (Å²) in [5, 5.41) is 2.92. The van der Waals surface area contributed by atoms with Crippen molar-refractivity contribution in [3.63, 3.8) is 0 Å². The quantitative estimate of drug-likeness (QED) is 0.656. The molecule has 0 spiro atoms. The number of amides is 3. The lowest BCUT2D eigenvalue weighted by Crippen LogP contribution is -2.56. The fourth-order valence-corrected chi connectivity index (χ4v) is 4.48. The molecule has 2 heterocycles. The Morgan fingerprint density at radius 2 is 1.81 bits per heavy atom. The molecule has 0 saturated carbocycles. The smallest absolute Gasteiger partial charge is 0.322 e. The highest BCUT2D eigenvalue weighted by molar-refractivity contribution is 5.93. The number of hydrogen-bond acceptors (Lipinski definition) is 3. The van der Waals surface area contributed by atoms with Crippen molar-refractivity contribution in [1.29, 1.82) is 0 Å². The van der Waals surface area contributed by atoms with Gasteiger partial charge in [0.15, 0.2) is 0 Å². The minimum absolute atomic E-state index is 0.0104. The average Bonchev–Trinajstić information content (AvgIpc) is 2.79. The second-order valence-corrected chi connectivity index (χ2v) is 8.31. The maximum atomic E-state index is 13.0. The molecule has 3 amide bonds. The summed E-state index contributed by atoms with van der Waals surface area (Å²) in [4.78, 5) is 29.4. The van der Waals surface area contributed by atoms with Crippen molar-refractivity contribution in [2.45, 2.75) is 19.4 Å². The third-order valence-electron chi connectivity index (χ3n) is 6.05. The van der Waals surface area contributed by atoms with E-state index in [1.165, 1.54) is 11.1 Å². The van der Waals surface area contributed by atoms with Crippen LogP contribution in [0.15, 0.2) is 72.8 Å². The maximum Gasteiger partial charge on any atom is 0.322 e. The number of urea groups is 1. The number of hydrogen-bond donors (Lipinski definition) is 1. The Balaban J connectivity index is 1.31. The molecule has 6 nitrogen and oxygen atoms in total. The van der Waals surface area contributed by atoms with Gasteiger partial charge >= 0.3 is 6.03 Å². The number of anilines is 1. The summed E-state index contributed by atoms with van der Waals surface area (Å²) in [7, 11) is 0. The zero-order valence-electron chi connectivity index (χ0n) is 18.0. The molecule has 1 fully saturated rings. The van der Waals surface area contributed by atoms with Crippen LogP contribution >= 0.6 is 0 Å². The standard InChI is InChI=1S/C26H25N3O3/c1-18-10-11-23-19(14-18)12-13-29-24(23)16-28(17-25(29)30)26(31)27-20-6-5-9-22(15-20)32-21-7-3-2-4-8-21/h2-11,14-15,24H,12-13,16-17H2,1H3,(H,27,31). The highest BCUT2D eigenvalue weighted by atomic mass is 16.5. The van der Waals surface area contributed by atoms with Crippen molar-refractivity contribution < 1.29 is 14.3 Å². The number of rotatable bonds is 3. The number of piperazine rings is 1. The van der Waals surface area contributed by atoms with E-state index in [-0.39, 0.29) is 24.5 Å². The van der Waals surface area contributed by atoms with Crippen LogP contribution in [0.2, 0.25) is 0 Å². The van der Waals surface area contributed by atoms with Gasteiger partial charge in [-0.3, -0.25) is 4.79 Å². The summed E-state index contributed by atoms with van der Waals surface area (Å²) in [6, 6.07) is 22.7. The van der Waals surface area contributed by atoms with Crippen LogP contribution in [0, 0.1) is 6.92 Å². The van der Waals surface area contributed by atoms with E-state index in [1.54, 1.807) is 11.0 Å². The molecule has 162 valence electrons. The van der Waals surface area contributed by atoms with Gasteiger partial charge in [-0.15, -0.1) is 0 Å². The van der Waals surface area contributed by atoms with E-state index in [2.05, 4.69) is 30.4 Å². The number of benzene rings is 3. The highest BCUT2D eigenvalue weighted by Crippen LogP contribution is 2.34. The van der Waals surface area contributed by atoms with Crippen molar-refractivity contribution in [1.82, 2.24) is 9.80 Å². The van der Waals surface area contributed by atoms with Gasteiger partial charge in [-0.1, -0.05) is 48.0 Å². The minimum Gasteiger partial charge on any atom is -0.457 e. The van der Waals surface area contributed by atoms with E-state index >= 15 is 0 Å². The first kappa shape index (κ1) is 20.1. The molecule has 1 saturated heterocycles. The number of nitrogens with zero attached hydrogens (tertiary/aromatic N) is 2. The molecule has 2 aliphatic rings. The number of carbonyl (C=O) groups is 2. The largest absolute Gasteiger partial charge is 0.457 e. The van der Waals surface area contributed by atoms with E-state index in [0.717, 1.165) is 17.7 Å². The van der Waals surface area contributed by atoms with Crippen molar-refractivity contribution >= 4 is 17.6 Å². The maximum absolute atomic E-state index is 13.0. The van der Waals surface area contributed by atoms with Crippen LogP contribution in [-0.2, 0) is 11.2 Å². The zero-order valence-corrected chi connectivity index (χ0v) is 18.0. The lowest BCUT2D eigenvalue weighted by Gasteiger charge is -2.44. The number of para-hydroxylation sites is 1. The third kappa shape index (κ3) is 4.04. The van der Waals surface area contributed by atoms with Gasteiger partial charge in [-0.25, -0.2) is 4.79 Å². The molecule has 1 atom stereocenters. The van der Waals surface area contributed by atoms with E-state index < -0.39 is 0 Å². The molecular formula is C26H25N3O3.